The van der Waals surface area contributed by atoms with Gasteiger partial charge >= 0.3 is 0 Å². The lowest BCUT2D eigenvalue weighted by Crippen LogP contribution is -2.50. The molecule has 2 heterocycles. The van der Waals surface area contributed by atoms with Gasteiger partial charge in [0.1, 0.15) is 0 Å². The number of carbonyl (C=O) groups excluding carboxylic acids is 1. The van der Waals surface area contributed by atoms with Crippen molar-refractivity contribution in [2.45, 2.75) is 44.4 Å². The van der Waals surface area contributed by atoms with E-state index in [1.807, 2.05) is 6.92 Å². The first-order chi connectivity index (χ1) is 9.41. The summed E-state index contributed by atoms with van der Waals surface area (Å²) >= 11 is 0. The highest BCUT2D eigenvalue weighted by molar-refractivity contribution is 7.91. The van der Waals surface area contributed by atoms with Gasteiger partial charge in [0.05, 0.1) is 30.1 Å². The first-order valence-electron chi connectivity index (χ1n) is 7.18. The van der Waals surface area contributed by atoms with Crippen LogP contribution in [-0.4, -0.2) is 69.1 Å². The molecule has 3 atom stereocenters. The third-order valence-corrected chi connectivity index (χ3v) is 5.87. The number of amides is 1. The lowest BCUT2D eigenvalue weighted by Gasteiger charge is -2.28. The van der Waals surface area contributed by atoms with Crippen LogP contribution in [0.1, 0.15) is 26.2 Å². The molecule has 7 heteroatoms. The van der Waals surface area contributed by atoms with Crippen LogP contribution in [0.4, 0.5) is 0 Å². The number of ether oxygens (including phenoxy) is 1. The molecule has 0 radical (unpaired) electrons. The van der Waals surface area contributed by atoms with Crippen LogP contribution >= 0.6 is 0 Å². The second kappa shape index (κ2) is 6.41. The van der Waals surface area contributed by atoms with E-state index in [4.69, 9.17) is 4.74 Å². The maximum Gasteiger partial charge on any atom is 0.222 e. The van der Waals surface area contributed by atoms with Gasteiger partial charge in [-0.2, -0.15) is 0 Å². The van der Waals surface area contributed by atoms with Crippen molar-refractivity contribution in [1.29, 1.82) is 0 Å². The monoisotopic (exact) mass is 304 g/mol. The molecule has 20 heavy (non-hydrogen) atoms. The number of methoxy groups -OCH3 is 1. The number of sulfone groups is 1. The van der Waals surface area contributed by atoms with E-state index in [2.05, 4.69) is 10.2 Å². The molecular formula is C13H24N2O4S. The molecule has 2 aliphatic rings. The third-order valence-electron chi connectivity index (χ3n) is 4.15. The molecule has 2 saturated heterocycles. The summed E-state index contributed by atoms with van der Waals surface area (Å²) in [4.78, 5) is 14.1. The summed E-state index contributed by atoms with van der Waals surface area (Å²) < 4.78 is 28.8. The van der Waals surface area contributed by atoms with Crippen molar-refractivity contribution < 1.29 is 17.9 Å². The maximum absolute atomic E-state index is 11.9. The van der Waals surface area contributed by atoms with E-state index in [1.165, 1.54) is 0 Å². The molecule has 0 aromatic heterocycles. The summed E-state index contributed by atoms with van der Waals surface area (Å²) in [5, 5.41) is 2.89. The number of rotatable bonds is 5. The van der Waals surface area contributed by atoms with Crippen LogP contribution in [0.2, 0.25) is 0 Å². The Hall–Kier alpha value is -0.660. The molecule has 0 spiro atoms. The van der Waals surface area contributed by atoms with Crippen LogP contribution in [0.15, 0.2) is 0 Å². The van der Waals surface area contributed by atoms with Crippen molar-refractivity contribution in [3.05, 3.63) is 0 Å². The normalized spacial score (nSPS) is 31.3. The summed E-state index contributed by atoms with van der Waals surface area (Å²) in [5.74, 6) is 0.0876. The summed E-state index contributed by atoms with van der Waals surface area (Å²) in [6.07, 6.45) is 2.33. The number of likely N-dealkylation sites (tertiary alicyclic amines) is 1. The molecule has 2 aliphatic heterocycles. The summed E-state index contributed by atoms with van der Waals surface area (Å²) in [6.45, 7) is 3.69. The lowest BCUT2D eigenvalue weighted by molar-refractivity contribution is -0.124. The highest BCUT2D eigenvalue weighted by Gasteiger charge is 2.42. The van der Waals surface area contributed by atoms with Crippen molar-refractivity contribution in [2.75, 3.05) is 31.7 Å². The number of nitrogens with one attached hydrogen (secondary N) is 1. The van der Waals surface area contributed by atoms with Crippen LogP contribution in [-0.2, 0) is 19.4 Å². The zero-order valence-electron chi connectivity index (χ0n) is 12.2. The molecule has 0 saturated carbocycles. The van der Waals surface area contributed by atoms with Crippen molar-refractivity contribution in [2.24, 2.45) is 0 Å². The fourth-order valence-corrected chi connectivity index (χ4v) is 4.96. The Bertz CT molecular complexity index is 445. The molecule has 116 valence electrons. The molecule has 2 rings (SSSR count). The Morgan fingerprint density at radius 3 is 2.60 bits per heavy atom. The van der Waals surface area contributed by atoms with Gasteiger partial charge in [-0.25, -0.2) is 8.42 Å². The number of nitrogens with zero attached hydrogens (tertiary/aromatic N) is 1. The number of hydrogen-bond acceptors (Lipinski definition) is 5. The Morgan fingerprint density at radius 1 is 1.35 bits per heavy atom. The molecule has 1 N–H and O–H groups in total. The first-order valence-corrected chi connectivity index (χ1v) is 9.00. The first kappa shape index (κ1) is 15.7. The minimum atomic E-state index is -3.05. The van der Waals surface area contributed by atoms with Gasteiger partial charge in [0.25, 0.3) is 0 Å². The highest BCUT2D eigenvalue weighted by atomic mass is 32.2. The second-order valence-electron chi connectivity index (χ2n) is 5.81. The maximum atomic E-state index is 11.9. The van der Waals surface area contributed by atoms with Crippen molar-refractivity contribution in [3.8, 4) is 0 Å². The van der Waals surface area contributed by atoms with Crippen molar-refractivity contribution >= 4 is 15.7 Å². The van der Waals surface area contributed by atoms with E-state index in [1.54, 1.807) is 7.11 Å². The van der Waals surface area contributed by atoms with E-state index in [-0.39, 0.29) is 42.0 Å². The predicted octanol–water partition coefficient (Wildman–Crippen LogP) is -0.211. The molecular weight excluding hydrogens is 280 g/mol. The van der Waals surface area contributed by atoms with Crippen molar-refractivity contribution in [3.63, 3.8) is 0 Å². The van der Waals surface area contributed by atoms with Crippen LogP contribution in [0.25, 0.3) is 0 Å². The minimum absolute atomic E-state index is 0.0568. The highest BCUT2D eigenvalue weighted by Crippen LogP contribution is 2.22. The van der Waals surface area contributed by atoms with E-state index in [9.17, 15) is 13.2 Å². The van der Waals surface area contributed by atoms with Gasteiger partial charge in [0.15, 0.2) is 9.84 Å². The predicted molar refractivity (Wildman–Crippen MR) is 76.3 cm³/mol. The fourth-order valence-electron chi connectivity index (χ4n) is 3.01. The average Bonchev–Trinajstić information content (AvgIpc) is 2.96. The minimum Gasteiger partial charge on any atom is -0.381 e. The lowest BCUT2D eigenvalue weighted by atomic mass is 10.1. The molecule has 2 fully saturated rings. The van der Waals surface area contributed by atoms with Gasteiger partial charge in [-0.05, 0) is 32.9 Å². The molecule has 3 unspecified atom stereocenters. The van der Waals surface area contributed by atoms with Gasteiger partial charge in [0, 0.05) is 13.2 Å². The summed E-state index contributed by atoms with van der Waals surface area (Å²) in [7, 11) is -1.49. The van der Waals surface area contributed by atoms with Gasteiger partial charge in [-0.15, -0.1) is 0 Å². The smallest absolute Gasteiger partial charge is 0.222 e. The summed E-state index contributed by atoms with van der Waals surface area (Å²) in [6, 6.07) is -0.348. The zero-order chi connectivity index (χ0) is 14.8. The van der Waals surface area contributed by atoms with Crippen LogP contribution in [0.3, 0.4) is 0 Å². The van der Waals surface area contributed by atoms with E-state index in [0.29, 0.717) is 0 Å². The van der Waals surface area contributed by atoms with E-state index in [0.717, 1.165) is 25.9 Å². The Balaban J connectivity index is 1.98. The molecule has 6 nitrogen and oxygen atoms in total. The van der Waals surface area contributed by atoms with Crippen LogP contribution in [0, 0.1) is 0 Å². The van der Waals surface area contributed by atoms with Gasteiger partial charge in [-0.3, -0.25) is 9.69 Å². The Morgan fingerprint density at radius 2 is 2.00 bits per heavy atom. The van der Waals surface area contributed by atoms with Gasteiger partial charge in [-0.1, -0.05) is 0 Å². The van der Waals surface area contributed by atoms with Gasteiger partial charge in [0.2, 0.25) is 5.91 Å². The van der Waals surface area contributed by atoms with E-state index < -0.39 is 9.84 Å². The quantitative estimate of drug-likeness (QED) is 0.760. The van der Waals surface area contributed by atoms with Crippen LogP contribution < -0.4 is 5.32 Å². The molecule has 0 aromatic carbocycles. The number of hydrogen-bond donors (Lipinski definition) is 1. The van der Waals surface area contributed by atoms with Crippen LogP contribution in [0.5, 0.6) is 0 Å². The van der Waals surface area contributed by atoms with Crippen molar-refractivity contribution in [1.82, 2.24) is 10.2 Å². The molecule has 0 bridgehead atoms. The zero-order valence-corrected chi connectivity index (χ0v) is 13.0. The molecule has 1 amide bonds. The molecule has 0 aromatic rings. The van der Waals surface area contributed by atoms with Gasteiger partial charge < -0.3 is 10.1 Å². The number of carbonyl (C=O) groups is 1. The van der Waals surface area contributed by atoms with E-state index >= 15 is 0 Å². The standard InChI is InChI=1S/C13H24N2O4S/c1-10(19-2)7-13(16)14-11-8-20(17,18)9-12(11)15-5-3-4-6-15/h10-12H,3-9H2,1-2H3,(H,14,16). The Labute approximate surface area is 120 Å². The third kappa shape index (κ3) is 3.93. The fraction of sp³-hybridized carbons (Fsp3) is 0.923. The topological polar surface area (TPSA) is 75.7 Å². The molecule has 0 aliphatic carbocycles. The largest absolute Gasteiger partial charge is 0.381 e. The SMILES string of the molecule is COC(C)CC(=O)NC1CS(=O)(=O)CC1N1CCCC1. The Kier molecular flexibility index (Phi) is 5.04. The average molecular weight is 304 g/mol. The summed E-state index contributed by atoms with van der Waals surface area (Å²) in [5.41, 5.74) is 0. The second-order valence-corrected chi connectivity index (χ2v) is 7.97.